The summed E-state index contributed by atoms with van der Waals surface area (Å²) >= 11 is 5.62. The Bertz CT molecular complexity index is 816. The number of esters is 1. The van der Waals surface area contributed by atoms with E-state index in [1.807, 2.05) is 0 Å². The Kier molecular flexibility index (Phi) is 6.46. The lowest BCUT2D eigenvalue weighted by molar-refractivity contribution is -0.123. The lowest BCUT2D eigenvalue weighted by Gasteiger charge is -2.15. The third-order valence-corrected chi connectivity index (χ3v) is 3.40. The predicted octanol–water partition coefficient (Wildman–Crippen LogP) is 4.26. The maximum absolute atomic E-state index is 13.7. The maximum atomic E-state index is 13.7. The fraction of sp³-hybridized carbons (Fsp3) is 0.176. The largest absolute Gasteiger partial charge is 0.449 e. The molecule has 1 N–H and O–H groups in total. The molecule has 0 aliphatic heterocycles. The second-order valence-electron chi connectivity index (χ2n) is 5.04. The molecule has 0 aliphatic rings. The first-order valence-corrected chi connectivity index (χ1v) is 7.66. The molecule has 138 valence electrons. The molecular weight excluding hydrogens is 375 g/mol. The number of ether oxygens (including phenoxy) is 2. The van der Waals surface area contributed by atoms with Gasteiger partial charge >= 0.3 is 12.6 Å². The fourth-order valence-corrected chi connectivity index (χ4v) is 2.10. The summed E-state index contributed by atoms with van der Waals surface area (Å²) in [7, 11) is 0. The van der Waals surface area contributed by atoms with Gasteiger partial charge in [0.25, 0.3) is 5.91 Å². The zero-order valence-corrected chi connectivity index (χ0v) is 14.1. The third kappa shape index (κ3) is 5.13. The normalized spacial score (nSPS) is 11.8. The summed E-state index contributed by atoms with van der Waals surface area (Å²) in [5, 5.41) is 2.39. The number of hydrogen-bond donors (Lipinski definition) is 1. The van der Waals surface area contributed by atoms with Crippen LogP contribution in [0.15, 0.2) is 42.5 Å². The highest BCUT2D eigenvalue weighted by molar-refractivity contribution is 6.30. The van der Waals surface area contributed by atoms with Crippen molar-refractivity contribution in [2.24, 2.45) is 0 Å². The van der Waals surface area contributed by atoms with Crippen molar-refractivity contribution >= 4 is 29.2 Å². The van der Waals surface area contributed by atoms with Crippen LogP contribution < -0.4 is 10.1 Å². The van der Waals surface area contributed by atoms with Crippen molar-refractivity contribution in [1.82, 2.24) is 0 Å². The minimum absolute atomic E-state index is 0.149. The van der Waals surface area contributed by atoms with Crippen molar-refractivity contribution in [1.29, 1.82) is 0 Å². The van der Waals surface area contributed by atoms with Crippen molar-refractivity contribution in [3.63, 3.8) is 0 Å². The number of amides is 1. The van der Waals surface area contributed by atoms with Gasteiger partial charge in [-0.1, -0.05) is 23.7 Å². The van der Waals surface area contributed by atoms with Crippen LogP contribution in [0, 0.1) is 5.82 Å². The molecule has 9 heteroatoms. The highest BCUT2D eigenvalue weighted by Gasteiger charge is 2.23. The van der Waals surface area contributed by atoms with Gasteiger partial charge in [0.15, 0.2) is 6.10 Å². The van der Waals surface area contributed by atoms with Crippen LogP contribution in [-0.2, 0) is 9.53 Å². The van der Waals surface area contributed by atoms with Crippen LogP contribution in [0.4, 0.5) is 18.9 Å². The Hall–Kier alpha value is -2.74. The van der Waals surface area contributed by atoms with Crippen molar-refractivity contribution < 1.29 is 32.2 Å². The molecule has 0 aliphatic carbocycles. The van der Waals surface area contributed by atoms with Gasteiger partial charge in [-0.2, -0.15) is 8.78 Å². The zero-order chi connectivity index (χ0) is 19.3. The molecule has 0 spiro atoms. The average molecular weight is 388 g/mol. The number of carbonyl (C=O) groups excluding carboxylic acids is 2. The van der Waals surface area contributed by atoms with E-state index in [1.54, 1.807) is 0 Å². The minimum atomic E-state index is -3.13. The average Bonchev–Trinajstić information content (AvgIpc) is 2.57. The van der Waals surface area contributed by atoms with E-state index in [4.69, 9.17) is 16.3 Å². The molecule has 1 atom stereocenters. The quantitative estimate of drug-likeness (QED) is 0.752. The van der Waals surface area contributed by atoms with Gasteiger partial charge in [-0.25, -0.2) is 9.18 Å². The summed E-state index contributed by atoms with van der Waals surface area (Å²) < 4.78 is 47.6. The molecule has 0 fully saturated rings. The molecule has 5 nitrogen and oxygen atoms in total. The first-order valence-electron chi connectivity index (χ1n) is 7.28. The molecule has 0 aromatic heterocycles. The first-order chi connectivity index (χ1) is 12.3. The van der Waals surface area contributed by atoms with Crippen LogP contribution in [0.25, 0.3) is 0 Å². The highest BCUT2D eigenvalue weighted by Crippen LogP contribution is 2.22. The van der Waals surface area contributed by atoms with Gasteiger partial charge in [-0.15, -0.1) is 0 Å². The molecule has 0 bridgehead atoms. The summed E-state index contributed by atoms with van der Waals surface area (Å²) in [5.41, 5.74) is -0.422. The molecule has 1 amide bonds. The molecule has 2 aromatic carbocycles. The van der Waals surface area contributed by atoms with Crippen LogP contribution in [0.1, 0.15) is 17.3 Å². The number of hydrogen-bond acceptors (Lipinski definition) is 4. The Balaban J connectivity index is 2.06. The smallest absolute Gasteiger partial charge is 0.387 e. The number of para-hydroxylation sites is 1. The summed E-state index contributed by atoms with van der Waals surface area (Å²) in [5.74, 6) is -3.00. The molecule has 0 saturated heterocycles. The van der Waals surface area contributed by atoms with Gasteiger partial charge in [0.1, 0.15) is 17.1 Å². The topological polar surface area (TPSA) is 64.6 Å². The van der Waals surface area contributed by atoms with Crippen molar-refractivity contribution in [3.8, 4) is 5.75 Å². The van der Waals surface area contributed by atoms with Gasteiger partial charge in [0, 0.05) is 5.02 Å². The number of halogens is 4. The summed E-state index contributed by atoms with van der Waals surface area (Å²) in [6, 6.07) is 8.81. The molecule has 0 unspecified atom stereocenters. The van der Waals surface area contributed by atoms with Crippen LogP contribution >= 0.6 is 11.6 Å². The predicted molar refractivity (Wildman–Crippen MR) is 88.0 cm³/mol. The number of rotatable bonds is 6. The van der Waals surface area contributed by atoms with Gasteiger partial charge in [-0.05, 0) is 37.3 Å². The van der Waals surface area contributed by atoms with Crippen LogP contribution in [0.2, 0.25) is 5.02 Å². The second kappa shape index (κ2) is 8.57. The van der Waals surface area contributed by atoms with Gasteiger partial charge in [-0.3, -0.25) is 4.79 Å². The maximum Gasteiger partial charge on any atom is 0.387 e. The van der Waals surface area contributed by atoms with E-state index in [0.717, 1.165) is 12.1 Å². The van der Waals surface area contributed by atoms with Crippen molar-refractivity contribution in [2.45, 2.75) is 19.6 Å². The fourth-order valence-electron chi connectivity index (χ4n) is 1.94. The van der Waals surface area contributed by atoms with Crippen LogP contribution in [0.3, 0.4) is 0 Å². The van der Waals surface area contributed by atoms with Gasteiger partial charge in [0.2, 0.25) is 0 Å². The Morgan fingerprint density at radius 2 is 1.85 bits per heavy atom. The Morgan fingerprint density at radius 3 is 2.50 bits per heavy atom. The molecule has 2 rings (SSSR count). The number of carbonyl (C=O) groups is 2. The number of alkyl halides is 2. The minimum Gasteiger partial charge on any atom is -0.449 e. The van der Waals surface area contributed by atoms with E-state index in [1.165, 1.54) is 37.3 Å². The van der Waals surface area contributed by atoms with Crippen molar-refractivity contribution in [2.75, 3.05) is 5.32 Å². The van der Waals surface area contributed by atoms with E-state index in [0.29, 0.717) is 0 Å². The van der Waals surface area contributed by atoms with Crippen molar-refractivity contribution in [3.05, 3.63) is 58.9 Å². The summed E-state index contributed by atoms with van der Waals surface area (Å²) in [4.78, 5) is 24.1. The third-order valence-electron chi connectivity index (χ3n) is 3.17. The number of nitrogens with one attached hydrogen (secondary N) is 1. The van der Waals surface area contributed by atoms with Gasteiger partial charge in [0.05, 0.1) is 5.69 Å². The molecule has 0 saturated carbocycles. The number of benzene rings is 2. The summed E-state index contributed by atoms with van der Waals surface area (Å²) in [6.07, 6.45) is -1.32. The highest BCUT2D eigenvalue weighted by atomic mass is 35.5. The monoisotopic (exact) mass is 387 g/mol. The van der Waals surface area contributed by atoms with Crippen LogP contribution in [-0.4, -0.2) is 24.6 Å². The lowest BCUT2D eigenvalue weighted by atomic mass is 10.2. The number of anilines is 1. The zero-order valence-electron chi connectivity index (χ0n) is 13.3. The Morgan fingerprint density at radius 1 is 1.15 bits per heavy atom. The van der Waals surface area contributed by atoms with Crippen LogP contribution in [0.5, 0.6) is 5.75 Å². The first kappa shape index (κ1) is 19.6. The van der Waals surface area contributed by atoms with E-state index in [-0.39, 0.29) is 22.0 Å². The standard InChI is InChI=1S/C17H13ClF3NO4/c1-9(15(23)22-13-7-6-10(18)8-12(13)19)25-16(24)11-4-2-3-5-14(11)26-17(20)21/h2-9,17H,1H3,(H,22,23)/t9-/m1/s1. The molecule has 26 heavy (non-hydrogen) atoms. The molecule has 2 aromatic rings. The van der Waals surface area contributed by atoms with E-state index in [2.05, 4.69) is 10.1 Å². The van der Waals surface area contributed by atoms with E-state index < -0.39 is 30.4 Å². The molecule has 0 radical (unpaired) electrons. The second-order valence-corrected chi connectivity index (χ2v) is 5.47. The Labute approximate surface area is 151 Å². The summed E-state index contributed by atoms with van der Waals surface area (Å²) in [6.45, 7) is -1.88. The van der Waals surface area contributed by atoms with Gasteiger partial charge < -0.3 is 14.8 Å². The molecule has 0 heterocycles. The van der Waals surface area contributed by atoms with E-state index in [9.17, 15) is 22.8 Å². The van der Waals surface area contributed by atoms with E-state index >= 15 is 0 Å². The SMILES string of the molecule is C[C@@H](OC(=O)c1ccccc1OC(F)F)C(=O)Nc1ccc(Cl)cc1F. The lowest BCUT2D eigenvalue weighted by Crippen LogP contribution is -2.30. The molecular formula is C17H13ClF3NO4.